The molecular weight excluding hydrogens is 238 g/mol. The van der Waals surface area contributed by atoms with E-state index < -0.39 is 0 Å². The minimum Gasteiger partial charge on any atom is -0.393 e. The van der Waals surface area contributed by atoms with Crippen molar-refractivity contribution >= 4 is 0 Å². The van der Waals surface area contributed by atoms with Gasteiger partial charge in [-0.1, -0.05) is 39.5 Å². The van der Waals surface area contributed by atoms with Crippen molar-refractivity contribution < 1.29 is 10.2 Å². The molecule has 0 saturated carbocycles. The van der Waals surface area contributed by atoms with Crippen LogP contribution in [0.3, 0.4) is 0 Å². The van der Waals surface area contributed by atoms with Gasteiger partial charge in [0, 0.05) is 12.1 Å². The molecule has 1 fully saturated rings. The van der Waals surface area contributed by atoms with Crippen LogP contribution < -0.4 is 5.32 Å². The number of aliphatic hydroxyl groups excluding tert-OH is 2. The van der Waals surface area contributed by atoms with Crippen molar-refractivity contribution in [2.45, 2.75) is 102 Å². The molecule has 4 atom stereocenters. The molecule has 0 aromatic rings. The summed E-state index contributed by atoms with van der Waals surface area (Å²) < 4.78 is 0. The molecule has 1 saturated heterocycles. The van der Waals surface area contributed by atoms with Gasteiger partial charge in [0.2, 0.25) is 0 Å². The molecule has 3 N–H and O–H groups in total. The summed E-state index contributed by atoms with van der Waals surface area (Å²) in [5.74, 6) is 0. The lowest BCUT2D eigenvalue weighted by molar-refractivity contribution is 0.131. The van der Waals surface area contributed by atoms with Crippen LogP contribution in [-0.4, -0.2) is 34.5 Å². The highest BCUT2D eigenvalue weighted by Crippen LogP contribution is 2.22. The van der Waals surface area contributed by atoms with E-state index in [-0.39, 0.29) is 12.2 Å². The molecule has 0 radical (unpaired) electrons. The van der Waals surface area contributed by atoms with Gasteiger partial charge < -0.3 is 15.5 Å². The van der Waals surface area contributed by atoms with E-state index in [1.165, 1.54) is 0 Å². The van der Waals surface area contributed by atoms with Crippen LogP contribution >= 0.6 is 0 Å². The Morgan fingerprint density at radius 3 is 1.68 bits per heavy atom. The Morgan fingerprint density at radius 1 is 0.895 bits per heavy atom. The lowest BCUT2D eigenvalue weighted by Crippen LogP contribution is -2.34. The van der Waals surface area contributed by atoms with Crippen LogP contribution in [0.2, 0.25) is 0 Å². The molecule has 1 aliphatic rings. The second-order valence-corrected chi connectivity index (χ2v) is 6.20. The first-order chi connectivity index (χ1) is 9.15. The lowest BCUT2D eigenvalue weighted by atomic mass is 10.0. The van der Waals surface area contributed by atoms with Crippen molar-refractivity contribution in [1.29, 1.82) is 0 Å². The van der Waals surface area contributed by atoms with Gasteiger partial charge in [0.1, 0.15) is 0 Å². The molecule has 0 bridgehead atoms. The van der Waals surface area contributed by atoms with Crippen LogP contribution in [0.1, 0.15) is 78.1 Å². The smallest absolute Gasteiger partial charge is 0.0555 e. The summed E-state index contributed by atoms with van der Waals surface area (Å²) in [5, 5.41) is 23.5. The maximum atomic E-state index is 9.94. The van der Waals surface area contributed by atoms with E-state index in [0.717, 1.165) is 64.2 Å². The SMILES string of the molecule is CCCC[C@H](O)C[C@@H]1CC[C@@H](C[C@@H](O)CCCC)N1. The van der Waals surface area contributed by atoms with Gasteiger partial charge in [-0.05, 0) is 38.5 Å². The van der Waals surface area contributed by atoms with E-state index in [2.05, 4.69) is 19.2 Å². The molecule has 3 nitrogen and oxygen atoms in total. The lowest BCUT2D eigenvalue weighted by Gasteiger charge is -2.19. The summed E-state index contributed by atoms with van der Waals surface area (Å²) in [6.45, 7) is 4.32. The number of nitrogens with one attached hydrogen (secondary N) is 1. The molecular formula is C16H33NO2. The summed E-state index contributed by atoms with van der Waals surface area (Å²) in [5.41, 5.74) is 0. The molecule has 114 valence electrons. The average molecular weight is 271 g/mol. The van der Waals surface area contributed by atoms with Crippen LogP contribution in [0.4, 0.5) is 0 Å². The summed E-state index contributed by atoms with van der Waals surface area (Å²) in [6, 6.07) is 0.908. The van der Waals surface area contributed by atoms with Gasteiger partial charge in [0.05, 0.1) is 12.2 Å². The van der Waals surface area contributed by atoms with Gasteiger partial charge in [0.15, 0.2) is 0 Å². The van der Waals surface area contributed by atoms with E-state index in [9.17, 15) is 10.2 Å². The standard InChI is InChI=1S/C16H33NO2/c1-3-5-7-15(18)11-13-9-10-14(17-13)12-16(19)8-6-4-2/h13-19H,3-12H2,1-2H3/t13-,14-,15-,16-/m0/s1. The molecule has 1 rings (SSSR count). The van der Waals surface area contributed by atoms with E-state index >= 15 is 0 Å². The van der Waals surface area contributed by atoms with Gasteiger partial charge in [-0.2, -0.15) is 0 Å². The Hall–Kier alpha value is -0.120. The largest absolute Gasteiger partial charge is 0.393 e. The van der Waals surface area contributed by atoms with Crippen LogP contribution in [-0.2, 0) is 0 Å². The third-order valence-corrected chi connectivity index (χ3v) is 4.23. The molecule has 0 aromatic carbocycles. The second kappa shape index (κ2) is 9.73. The van der Waals surface area contributed by atoms with Gasteiger partial charge in [0.25, 0.3) is 0 Å². The van der Waals surface area contributed by atoms with E-state index in [1.54, 1.807) is 0 Å². The highest BCUT2D eigenvalue weighted by atomic mass is 16.3. The summed E-state index contributed by atoms with van der Waals surface area (Å²) >= 11 is 0. The van der Waals surface area contributed by atoms with E-state index in [1.807, 2.05) is 0 Å². The highest BCUT2D eigenvalue weighted by Gasteiger charge is 2.26. The van der Waals surface area contributed by atoms with Crippen LogP contribution in [0.25, 0.3) is 0 Å². The fourth-order valence-electron chi connectivity index (χ4n) is 3.05. The Balaban J connectivity index is 2.14. The number of hydrogen-bond acceptors (Lipinski definition) is 3. The van der Waals surface area contributed by atoms with Gasteiger partial charge in [-0.15, -0.1) is 0 Å². The fourth-order valence-corrected chi connectivity index (χ4v) is 3.05. The molecule has 0 aliphatic carbocycles. The Labute approximate surface area is 118 Å². The maximum Gasteiger partial charge on any atom is 0.0555 e. The third kappa shape index (κ3) is 7.28. The van der Waals surface area contributed by atoms with Crippen molar-refractivity contribution in [1.82, 2.24) is 5.32 Å². The average Bonchev–Trinajstić information content (AvgIpc) is 2.81. The monoisotopic (exact) mass is 271 g/mol. The molecule has 0 unspecified atom stereocenters. The Kier molecular flexibility index (Phi) is 8.67. The number of hydrogen-bond donors (Lipinski definition) is 3. The first kappa shape index (κ1) is 16.9. The van der Waals surface area contributed by atoms with Gasteiger partial charge in [-0.3, -0.25) is 0 Å². The zero-order chi connectivity index (χ0) is 14.1. The summed E-state index contributed by atoms with van der Waals surface area (Å²) in [6.07, 6.45) is 10.1. The molecule has 0 aromatic heterocycles. The van der Waals surface area contributed by atoms with Crippen molar-refractivity contribution in [2.75, 3.05) is 0 Å². The second-order valence-electron chi connectivity index (χ2n) is 6.20. The van der Waals surface area contributed by atoms with E-state index in [4.69, 9.17) is 0 Å². The maximum absolute atomic E-state index is 9.94. The zero-order valence-corrected chi connectivity index (χ0v) is 12.8. The minimum absolute atomic E-state index is 0.152. The zero-order valence-electron chi connectivity index (χ0n) is 12.8. The van der Waals surface area contributed by atoms with Crippen LogP contribution in [0.5, 0.6) is 0 Å². The molecule has 0 spiro atoms. The van der Waals surface area contributed by atoms with Crippen LogP contribution in [0, 0.1) is 0 Å². The van der Waals surface area contributed by atoms with E-state index in [0.29, 0.717) is 12.1 Å². The number of unbranched alkanes of at least 4 members (excludes halogenated alkanes) is 2. The highest BCUT2D eigenvalue weighted by molar-refractivity contribution is 4.86. The number of aliphatic hydroxyl groups is 2. The summed E-state index contributed by atoms with van der Waals surface area (Å²) in [7, 11) is 0. The van der Waals surface area contributed by atoms with Crippen molar-refractivity contribution in [2.24, 2.45) is 0 Å². The Bertz CT molecular complexity index is 201. The third-order valence-electron chi connectivity index (χ3n) is 4.23. The number of rotatable bonds is 10. The molecule has 1 aliphatic heterocycles. The predicted octanol–water partition coefficient (Wildman–Crippen LogP) is 2.99. The van der Waals surface area contributed by atoms with Crippen LogP contribution in [0.15, 0.2) is 0 Å². The molecule has 3 heteroatoms. The first-order valence-corrected chi connectivity index (χ1v) is 8.27. The van der Waals surface area contributed by atoms with Gasteiger partial charge in [-0.25, -0.2) is 0 Å². The molecule has 1 heterocycles. The normalized spacial score (nSPS) is 26.5. The fraction of sp³-hybridized carbons (Fsp3) is 1.00. The van der Waals surface area contributed by atoms with Crippen molar-refractivity contribution in [3.8, 4) is 0 Å². The van der Waals surface area contributed by atoms with Crippen molar-refractivity contribution in [3.63, 3.8) is 0 Å². The topological polar surface area (TPSA) is 52.5 Å². The predicted molar refractivity (Wildman–Crippen MR) is 80.2 cm³/mol. The minimum atomic E-state index is -0.152. The van der Waals surface area contributed by atoms with Gasteiger partial charge >= 0.3 is 0 Å². The molecule has 0 amide bonds. The quantitative estimate of drug-likeness (QED) is 0.572. The summed E-state index contributed by atoms with van der Waals surface area (Å²) in [4.78, 5) is 0. The molecule has 19 heavy (non-hydrogen) atoms. The first-order valence-electron chi connectivity index (χ1n) is 8.27. The van der Waals surface area contributed by atoms with Crippen molar-refractivity contribution in [3.05, 3.63) is 0 Å². The Morgan fingerprint density at radius 2 is 1.32 bits per heavy atom.